The van der Waals surface area contributed by atoms with Crippen LogP contribution >= 0.6 is 12.2 Å². The van der Waals surface area contributed by atoms with Gasteiger partial charge in [0.25, 0.3) is 0 Å². The van der Waals surface area contributed by atoms with E-state index in [4.69, 9.17) is 12.2 Å². The van der Waals surface area contributed by atoms with Crippen LogP contribution in [-0.2, 0) is 0 Å². The van der Waals surface area contributed by atoms with Crippen molar-refractivity contribution in [1.29, 1.82) is 0 Å². The first-order chi connectivity index (χ1) is 8.49. The number of hydrogen-bond donors (Lipinski definition) is 2. The third-order valence-corrected chi connectivity index (χ3v) is 3.32. The van der Waals surface area contributed by atoms with Gasteiger partial charge in [-0.1, -0.05) is 27.7 Å². The van der Waals surface area contributed by atoms with E-state index in [0.717, 1.165) is 24.7 Å². The lowest BCUT2D eigenvalue weighted by Crippen LogP contribution is -2.42. The van der Waals surface area contributed by atoms with Crippen molar-refractivity contribution in [1.82, 2.24) is 15.5 Å². The normalized spacial score (nSPS) is 12.8. The Balaban J connectivity index is 3.63. The fourth-order valence-corrected chi connectivity index (χ4v) is 2.09. The molecule has 3 nitrogen and oxygen atoms in total. The lowest BCUT2D eigenvalue weighted by Gasteiger charge is -2.21. The summed E-state index contributed by atoms with van der Waals surface area (Å²) in [6, 6.07) is 0.452. The summed E-state index contributed by atoms with van der Waals surface area (Å²) >= 11 is 5.26. The van der Waals surface area contributed by atoms with Crippen LogP contribution in [0, 0.1) is 5.92 Å². The molecule has 108 valence electrons. The Labute approximate surface area is 119 Å². The molecule has 2 N–H and O–H groups in total. The van der Waals surface area contributed by atoms with Crippen LogP contribution in [0.5, 0.6) is 0 Å². The maximum atomic E-state index is 5.26. The Hall–Kier alpha value is -0.350. The molecule has 0 fully saturated rings. The minimum absolute atomic E-state index is 0.452. The molecule has 18 heavy (non-hydrogen) atoms. The second kappa shape index (κ2) is 10.6. The molecule has 0 aromatic heterocycles. The molecule has 0 saturated carbocycles. The Bertz CT molecular complexity index is 215. The van der Waals surface area contributed by atoms with E-state index in [-0.39, 0.29) is 0 Å². The van der Waals surface area contributed by atoms with Gasteiger partial charge in [0.15, 0.2) is 5.11 Å². The number of nitrogens with zero attached hydrogens (tertiary/aromatic N) is 1. The van der Waals surface area contributed by atoms with Crippen LogP contribution in [0.1, 0.15) is 47.5 Å². The standard InChI is InChI=1S/C14H31N3S/c1-6-17(7-2)10-8-9-13(5)16-14(18)15-11-12(3)4/h12-13H,6-11H2,1-5H3,(H2,15,16,18). The van der Waals surface area contributed by atoms with E-state index in [0.29, 0.717) is 12.0 Å². The van der Waals surface area contributed by atoms with Crippen LogP contribution in [0.15, 0.2) is 0 Å². The summed E-state index contributed by atoms with van der Waals surface area (Å²) in [5.74, 6) is 0.628. The van der Waals surface area contributed by atoms with Gasteiger partial charge in [0.1, 0.15) is 0 Å². The third kappa shape index (κ3) is 9.66. The van der Waals surface area contributed by atoms with Crippen molar-refractivity contribution in [2.45, 2.75) is 53.5 Å². The lowest BCUT2D eigenvalue weighted by molar-refractivity contribution is 0.292. The molecule has 0 heterocycles. The predicted molar refractivity (Wildman–Crippen MR) is 85.1 cm³/mol. The van der Waals surface area contributed by atoms with E-state index >= 15 is 0 Å². The first-order valence-electron chi connectivity index (χ1n) is 7.26. The molecule has 0 rings (SSSR count). The van der Waals surface area contributed by atoms with Crippen molar-refractivity contribution < 1.29 is 0 Å². The summed E-state index contributed by atoms with van der Waals surface area (Å²) in [5, 5.41) is 7.38. The van der Waals surface area contributed by atoms with Crippen LogP contribution in [-0.4, -0.2) is 42.2 Å². The summed E-state index contributed by atoms with van der Waals surface area (Å²) in [6.07, 6.45) is 2.39. The zero-order chi connectivity index (χ0) is 14.0. The van der Waals surface area contributed by atoms with Gasteiger partial charge >= 0.3 is 0 Å². The van der Waals surface area contributed by atoms with Gasteiger partial charge in [-0.25, -0.2) is 0 Å². The molecule has 0 aliphatic heterocycles. The summed E-state index contributed by atoms with van der Waals surface area (Å²) in [5.41, 5.74) is 0. The van der Waals surface area contributed by atoms with E-state index in [9.17, 15) is 0 Å². The van der Waals surface area contributed by atoms with Gasteiger partial charge in [-0.15, -0.1) is 0 Å². The molecule has 0 aliphatic rings. The highest BCUT2D eigenvalue weighted by molar-refractivity contribution is 7.80. The molecule has 0 amide bonds. The Morgan fingerprint density at radius 3 is 2.28 bits per heavy atom. The molecule has 4 heteroatoms. The Morgan fingerprint density at radius 2 is 1.78 bits per heavy atom. The van der Waals surface area contributed by atoms with Crippen molar-refractivity contribution in [3.8, 4) is 0 Å². The molecule has 0 radical (unpaired) electrons. The number of thiocarbonyl (C=S) groups is 1. The summed E-state index contributed by atoms with van der Waals surface area (Å²) in [4.78, 5) is 2.46. The SMILES string of the molecule is CCN(CC)CCCC(C)NC(=S)NCC(C)C. The summed E-state index contributed by atoms with van der Waals surface area (Å²) < 4.78 is 0. The molecule has 1 atom stereocenters. The van der Waals surface area contributed by atoms with Gasteiger partial charge < -0.3 is 15.5 Å². The van der Waals surface area contributed by atoms with Gasteiger partial charge in [-0.05, 0) is 57.5 Å². The Morgan fingerprint density at radius 1 is 1.17 bits per heavy atom. The van der Waals surface area contributed by atoms with Crippen LogP contribution < -0.4 is 10.6 Å². The molecular formula is C14H31N3S. The second-order valence-corrected chi connectivity index (χ2v) is 5.73. The number of nitrogens with one attached hydrogen (secondary N) is 2. The smallest absolute Gasteiger partial charge is 0.166 e. The molecule has 0 spiro atoms. The zero-order valence-corrected chi connectivity index (χ0v) is 13.6. The van der Waals surface area contributed by atoms with E-state index < -0.39 is 0 Å². The maximum absolute atomic E-state index is 5.26. The highest BCUT2D eigenvalue weighted by Gasteiger charge is 2.05. The number of rotatable bonds is 9. The second-order valence-electron chi connectivity index (χ2n) is 5.32. The Kier molecular flexibility index (Phi) is 10.4. The quantitative estimate of drug-likeness (QED) is 0.632. The van der Waals surface area contributed by atoms with Crippen molar-refractivity contribution in [3.63, 3.8) is 0 Å². The van der Waals surface area contributed by atoms with E-state index in [1.807, 2.05) is 0 Å². The van der Waals surface area contributed by atoms with Gasteiger partial charge in [-0.2, -0.15) is 0 Å². The topological polar surface area (TPSA) is 27.3 Å². The van der Waals surface area contributed by atoms with Crippen molar-refractivity contribution in [2.75, 3.05) is 26.2 Å². The number of hydrogen-bond acceptors (Lipinski definition) is 2. The minimum Gasteiger partial charge on any atom is -0.362 e. The zero-order valence-electron chi connectivity index (χ0n) is 12.8. The predicted octanol–water partition coefficient (Wildman–Crippen LogP) is 2.62. The minimum atomic E-state index is 0.452. The molecule has 0 bridgehead atoms. The fourth-order valence-electron chi connectivity index (χ4n) is 1.80. The maximum Gasteiger partial charge on any atom is 0.166 e. The van der Waals surface area contributed by atoms with Gasteiger partial charge in [0.05, 0.1) is 0 Å². The fraction of sp³-hybridized carbons (Fsp3) is 0.929. The largest absolute Gasteiger partial charge is 0.362 e. The highest BCUT2D eigenvalue weighted by Crippen LogP contribution is 1.99. The molecular weight excluding hydrogens is 242 g/mol. The van der Waals surface area contributed by atoms with Crippen LogP contribution in [0.2, 0.25) is 0 Å². The molecule has 0 aromatic carbocycles. The average Bonchev–Trinajstić information content (AvgIpc) is 2.32. The first kappa shape index (κ1) is 17.6. The summed E-state index contributed by atoms with van der Waals surface area (Å²) in [6.45, 7) is 15.4. The van der Waals surface area contributed by atoms with Crippen molar-refractivity contribution in [2.24, 2.45) is 5.92 Å². The monoisotopic (exact) mass is 273 g/mol. The lowest BCUT2D eigenvalue weighted by atomic mass is 10.2. The summed E-state index contributed by atoms with van der Waals surface area (Å²) in [7, 11) is 0. The van der Waals surface area contributed by atoms with Gasteiger partial charge in [0.2, 0.25) is 0 Å². The van der Waals surface area contributed by atoms with E-state index in [2.05, 4.69) is 50.2 Å². The van der Waals surface area contributed by atoms with E-state index in [1.54, 1.807) is 0 Å². The average molecular weight is 273 g/mol. The molecule has 0 aromatic rings. The van der Waals surface area contributed by atoms with Gasteiger partial charge in [-0.3, -0.25) is 0 Å². The highest BCUT2D eigenvalue weighted by atomic mass is 32.1. The van der Waals surface area contributed by atoms with Crippen LogP contribution in [0.4, 0.5) is 0 Å². The third-order valence-electron chi connectivity index (χ3n) is 3.05. The van der Waals surface area contributed by atoms with Crippen LogP contribution in [0.3, 0.4) is 0 Å². The van der Waals surface area contributed by atoms with Crippen molar-refractivity contribution in [3.05, 3.63) is 0 Å². The first-order valence-corrected chi connectivity index (χ1v) is 7.67. The van der Waals surface area contributed by atoms with Gasteiger partial charge in [0, 0.05) is 12.6 Å². The molecule has 0 saturated heterocycles. The van der Waals surface area contributed by atoms with Crippen LogP contribution in [0.25, 0.3) is 0 Å². The molecule has 0 aliphatic carbocycles. The van der Waals surface area contributed by atoms with E-state index in [1.165, 1.54) is 19.4 Å². The molecule has 1 unspecified atom stereocenters. The van der Waals surface area contributed by atoms with Crippen molar-refractivity contribution >= 4 is 17.3 Å².